The third-order valence-corrected chi connectivity index (χ3v) is 4.23. The average Bonchev–Trinajstić information content (AvgIpc) is 3.11. The number of hydrogen-bond acceptors (Lipinski definition) is 0. The molecule has 0 saturated carbocycles. The second-order valence-electron chi connectivity index (χ2n) is 7.22. The number of hydrogen-bond donors (Lipinski definition) is 0. The molecule has 3 heteroatoms. The van der Waals surface area contributed by atoms with Crippen LogP contribution in [-0.2, 0) is 20.0 Å². The molecule has 0 aliphatic carbocycles. The van der Waals surface area contributed by atoms with Gasteiger partial charge in [0, 0.05) is 0 Å². The molecule has 0 bridgehead atoms. The van der Waals surface area contributed by atoms with Crippen LogP contribution in [0.1, 0.15) is 36.1 Å². The zero-order valence-electron chi connectivity index (χ0n) is 17.6. The maximum absolute atomic E-state index is 2.24. The van der Waals surface area contributed by atoms with E-state index >= 15 is 0 Å². The summed E-state index contributed by atoms with van der Waals surface area (Å²) in [6.07, 6.45) is 0. The van der Waals surface area contributed by atoms with Crippen LogP contribution in [-0.4, -0.2) is 3.81 Å². The van der Waals surface area contributed by atoms with Crippen molar-refractivity contribution in [1.82, 2.24) is 0 Å². The third-order valence-electron chi connectivity index (χ3n) is 4.23. The fourth-order valence-corrected chi connectivity index (χ4v) is 3.08. The van der Waals surface area contributed by atoms with E-state index in [-0.39, 0.29) is 24.8 Å². The Balaban J connectivity index is 0.000000415. The van der Waals surface area contributed by atoms with Gasteiger partial charge in [0.05, 0.1) is 0 Å². The van der Waals surface area contributed by atoms with Crippen LogP contribution in [0.2, 0.25) is 0 Å². The summed E-state index contributed by atoms with van der Waals surface area (Å²) in [5, 5.41) is 5.51. The summed E-state index contributed by atoms with van der Waals surface area (Å²) in [5.74, 6) is 0. The Morgan fingerprint density at radius 2 is 1.00 bits per heavy atom. The molecule has 0 aliphatic heterocycles. The first-order valence-electron chi connectivity index (χ1n) is 9.05. The van der Waals surface area contributed by atoms with Gasteiger partial charge in [-0.2, -0.15) is 12.1 Å². The number of aryl methyl sites for hydroxylation is 4. The molecule has 0 N–H and O–H groups in total. The molecule has 0 saturated heterocycles. The smallest absolute Gasteiger partial charge is 0.0488 e. The van der Waals surface area contributed by atoms with Crippen molar-refractivity contribution in [2.45, 2.75) is 41.5 Å². The summed E-state index contributed by atoms with van der Waals surface area (Å²) in [4.78, 5) is 0. The molecule has 0 heterocycles. The SMILES string of the molecule is C[C](C)=[Ti+2].Cc1cc2c(C)cccc2[cH-]1.Cc1cc2c(C)cccc2[cH-]1.Cl.Cl. The Morgan fingerprint density at radius 1 is 0.679 bits per heavy atom. The van der Waals surface area contributed by atoms with E-state index in [4.69, 9.17) is 0 Å². The van der Waals surface area contributed by atoms with E-state index in [0.29, 0.717) is 0 Å². The van der Waals surface area contributed by atoms with Crippen LogP contribution in [0.5, 0.6) is 0 Å². The maximum atomic E-state index is 2.24. The molecule has 4 aromatic carbocycles. The Labute approximate surface area is 193 Å². The first-order valence-corrected chi connectivity index (χ1v) is 9.83. The Morgan fingerprint density at radius 3 is 1.29 bits per heavy atom. The zero-order chi connectivity index (χ0) is 19.3. The fraction of sp³-hybridized carbons (Fsp3) is 0.240. The maximum Gasteiger partial charge on any atom is -0.0488 e. The molecule has 0 nitrogen and oxygen atoms in total. The largest absolute Gasteiger partial charge is 0.165 e. The van der Waals surface area contributed by atoms with Crippen LogP contribution in [0.15, 0.2) is 60.7 Å². The second kappa shape index (κ2) is 12.4. The predicted octanol–water partition coefficient (Wildman–Crippen LogP) is 7.94. The van der Waals surface area contributed by atoms with E-state index < -0.39 is 0 Å². The molecule has 0 unspecified atom stereocenters. The van der Waals surface area contributed by atoms with Crippen LogP contribution in [0.25, 0.3) is 21.5 Å². The van der Waals surface area contributed by atoms with E-state index in [1.807, 2.05) is 0 Å². The molecule has 0 spiro atoms. The van der Waals surface area contributed by atoms with Crippen LogP contribution >= 0.6 is 24.8 Å². The van der Waals surface area contributed by atoms with Gasteiger partial charge in [-0.25, -0.2) is 0 Å². The van der Waals surface area contributed by atoms with Crippen molar-refractivity contribution in [3.05, 3.63) is 82.9 Å². The molecule has 0 radical (unpaired) electrons. The first kappa shape index (κ1) is 26.8. The summed E-state index contributed by atoms with van der Waals surface area (Å²) in [5.41, 5.74) is 5.45. The van der Waals surface area contributed by atoms with Crippen LogP contribution < -0.4 is 0 Å². The van der Waals surface area contributed by atoms with Crippen molar-refractivity contribution < 1.29 is 20.0 Å². The Kier molecular flexibility index (Phi) is 11.9. The average molecular weight is 449 g/mol. The standard InChI is InChI=1S/2C11H11.C3H6.2ClH.Ti/c2*1-8-6-10-5-3-4-9(2)11(10)7-8;1-3-2;;;/h2*3-7H,1-2H3;1-2H3;2*1H;/q2*-1;;;;+2. The topological polar surface area (TPSA) is 0 Å². The molecule has 148 valence electrons. The van der Waals surface area contributed by atoms with Crippen molar-refractivity contribution >= 4 is 50.2 Å². The summed E-state index contributed by atoms with van der Waals surface area (Å²) in [6, 6.07) is 21.8. The minimum Gasteiger partial charge on any atom is -0.165 e. The molecule has 0 aliphatic rings. The molecule has 0 aromatic heterocycles. The van der Waals surface area contributed by atoms with Gasteiger partial charge >= 0.3 is 37.6 Å². The molecular weight excluding hydrogens is 419 g/mol. The molecule has 0 fully saturated rings. The minimum absolute atomic E-state index is 0. The number of rotatable bonds is 0. The van der Waals surface area contributed by atoms with Crippen molar-refractivity contribution in [3.8, 4) is 0 Å². The van der Waals surface area contributed by atoms with Gasteiger partial charge in [0.15, 0.2) is 0 Å². The predicted molar refractivity (Wildman–Crippen MR) is 129 cm³/mol. The number of halogens is 2. The zero-order valence-corrected chi connectivity index (χ0v) is 20.8. The van der Waals surface area contributed by atoms with E-state index in [2.05, 4.69) is 122 Å². The summed E-state index contributed by atoms with van der Waals surface area (Å²) >= 11 is 2.08. The van der Waals surface area contributed by atoms with Crippen molar-refractivity contribution in [2.24, 2.45) is 0 Å². The van der Waals surface area contributed by atoms with Crippen molar-refractivity contribution in [3.63, 3.8) is 0 Å². The molecular formula is C25H30Cl2Ti. The van der Waals surface area contributed by atoms with Gasteiger partial charge < -0.3 is 0 Å². The molecule has 4 aromatic rings. The van der Waals surface area contributed by atoms with Gasteiger partial charge in [-0.3, -0.25) is 0 Å². The molecule has 0 atom stereocenters. The van der Waals surface area contributed by atoms with Crippen molar-refractivity contribution in [1.29, 1.82) is 0 Å². The molecule has 28 heavy (non-hydrogen) atoms. The Hall–Kier alpha value is -1.18. The monoisotopic (exact) mass is 448 g/mol. The quantitative estimate of drug-likeness (QED) is 0.189. The number of benzene rings is 2. The van der Waals surface area contributed by atoms with E-state index in [1.54, 1.807) is 0 Å². The molecule has 4 rings (SSSR count). The van der Waals surface area contributed by atoms with Crippen LogP contribution in [0.3, 0.4) is 0 Å². The van der Waals surface area contributed by atoms with Gasteiger partial charge in [0.25, 0.3) is 0 Å². The van der Waals surface area contributed by atoms with Gasteiger partial charge in [0.2, 0.25) is 0 Å². The van der Waals surface area contributed by atoms with Gasteiger partial charge in [0.1, 0.15) is 0 Å². The van der Waals surface area contributed by atoms with E-state index in [9.17, 15) is 0 Å². The number of fused-ring (bicyclic) bond motifs is 2. The van der Waals surface area contributed by atoms with Gasteiger partial charge in [-0.1, -0.05) is 37.1 Å². The first-order chi connectivity index (χ1) is 12.3. The van der Waals surface area contributed by atoms with Crippen LogP contribution in [0, 0.1) is 27.7 Å². The van der Waals surface area contributed by atoms with E-state index in [1.165, 1.54) is 47.6 Å². The van der Waals surface area contributed by atoms with Gasteiger partial charge in [-0.05, 0) is 13.8 Å². The summed E-state index contributed by atoms with van der Waals surface area (Å²) in [6.45, 7) is 12.8. The third kappa shape index (κ3) is 7.68. The van der Waals surface area contributed by atoms with E-state index in [0.717, 1.165) is 0 Å². The fourth-order valence-electron chi connectivity index (χ4n) is 3.08. The normalized spacial score (nSPS) is 9.43. The van der Waals surface area contributed by atoms with Crippen LogP contribution in [0.4, 0.5) is 0 Å². The molecule has 0 amide bonds. The van der Waals surface area contributed by atoms with Crippen molar-refractivity contribution in [2.75, 3.05) is 0 Å². The Bertz CT molecular complexity index is 940. The summed E-state index contributed by atoms with van der Waals surface area (Å²) in [7, 11) is 0. The summed E-state index contributed by atoms with van der Waals surface area (Å²) < 4.78 is 1.42. The van der Waals surface area contributed by atoms with Gasteiger partial charge in [-0.15, -0.1) is 93.9 Å². The second-order valence-corrected chi connectivity index (χ2v) is 8.78. The minimum atomic E-state index is 0.